The zero-order valence-electron chi connectivity index (χ0n) is 16.2. The summed E-state index contributed by atoms with van der Waals surface area (Å²) < 4.78 is 10.6. The van der Waals surface area contributed by atoms with Gasteiger partial charge >= 0.3 is 5.63 Å². The molecule has 0 amide bonds. The fourth-order valence-corrected chi connectivity index (χ4v) is 3.62. The first-order chi connectivity index (χ1) is 14.7. The summed E-state index contributed by atoms with van der Waals surface area (Å²) in [6.07, 6.45) is -0.612. The van der Waals surface area contributed by atoms with Crippen LogP contribution >= 0.6 is 0 Å². The molecule has 30 heavy (non-hydrogen) atoms. The Labute approximate surface area is 172 Å². The average molecular weight is 398 g/mol. The summed E-state index contributed by atoms with van der Waals surface area (Å²) in [7, 11) is 1.63. The summed E-state index contributed by atoms with van der Waals surface area (Å²) in [6, 6.07) is 26.3. The number of fused-ring (bicyclic) bond motifs is 1. The van der Waals surface area contributed by atoms with Gasteiger partial charge in [-0.25, -0.2) is 4.79 Å². The van der Waals surface area contributed by atoms with E-state index in [4.69, 9.17) is 14.0 Å². The predicted molar refractivity (Wildman–Crippen MR) is 115 cm³/mol. The van der Waals surface area contributed by atoms with Crippen molar-refractivity contribution in [1.29, 1.82) is 0 Å². The number of anilines is 1. The van der Waals surface area contributed by atoms with E-state index >= 15 is 0 Å². The normalized spacial score (nSPS) is 15.7. The highest BCUT2D eigenvalue weighted by Gasteiger charge is 2.35. The summed E-state index contributed by atoms with van der Waals surface area (Å²) >= 11 is 0. The van der Waals surface area contributed by atoms with Crippen LogP contribution in [0.25, 0.3) is 11.0 Å². The van der Waals surface area contributed by atoms with Crippen molar-refractivity contribution in [1.82, 2.24) is 0 Å². The van der Waals surface area contributed by atoms with E-state index in [1.807, 2.05) is 77.7 Å². The van der Waals surface area contributed by atoms with Gasteiger partial charge < -0.3 is 14.0 Å². The molecule has 0 fully saturated rings. The van der Waals surface area contributed by atoms with Crippen LogP contribution in [0.15, 0.2) is 99.3 Å². The van der Waals surface area contributed by atoms with E-state index in [1.165, 1.54) is 6.07 Å². The highest BCUT2D eigenvalue weighted by Crippen LogP contribution is 2.37. The number of amidine groups is 1. The van der Waals surface area contributed by atoms with E-state index in [0.717, 1.165) is 22.4 Å². The van der Waals surface area contributed by atoms with E-state index < -0.39 is 11.9 Å². The molecule has 3 aromatic carbocycles. The van der Waals surface area contributed by atoms with Gasteiger partial charge in [-0.3, -0.25) is 4.90 Å². The van der Waals surface area contributed by atoms with Crippen molar-refractivity contribution in [3.8, 4) is 5.75 Å². The molecule has 4 aromatic rings. The van der Waals surface area contributed by atoms with E-state index in [9.17, 15) is 4.79 Å². The lowest BCUT2D eigenvalue weighted by molar-refractivity contribution is 0.0875. The lowest BCUT2D eigenvalue weighted by atomic mass is 10.1. The van der Waals surface area contributed by atoms with Crippen molar-refractivity contribution in [2.45, 2.75) is 6.23 Å². The molecule has 0 bridgehead atoms. The maximum Gasteiger partial charge on any atom is 0.336 e. The van der Waals surface area contributed by atoms with Gasteiger partial charge in [0.15, 0.2) is 5.84 Å². The smallest absolute Gasteiger partial charge is 0.336 e. The Bertz CT molecular complexity index is 1280. The molecule has 0 spiro atoms. The number of oxime groups is 1. The van der Waals surface area contributed by atoms with Crippen molar-refractivity contribution in [3.05, 3.63) is 106 Å². The molecule has 2 heterocycles. The Kier molecular flexibility index (Phi) is 4.44. The molecular formula is C24H18N2O4. The van der Waals surface area contributed by atoms with Crippen molar-refractivity contribution in [2.24, 2.45) is 5.16 Å². The molecule has 0 saturated carbocycles. The number of nitrogens with zero attached hydrogens (tertiary/aromatic N) is 2. The number of hydrogen-bond acceptors (Lipinski definition) is 6. The Morgan fingerprint density at radius 1 is 0.933 bits per heavy atom. The minimum atomic E-state index is -0.612. The first-order valence-electron chi connectivity index (χ1n) is 9.50. The van der Waals surface area contributed by atoms with Gasteiger partial charge in [-0.05, 0) is 42.5 Å². The van der Waals surface area contributed by atoms with Crippen molar-refractivity contribution < 1.29 is 14.0 Å². The van der Waals surface area contributed by atoms with E-state index in [-0.39, 0.29) is 0 Å². The third-order valence-corrected chi connectivity index (χ3v) is 5.03. The molecular weight excluding hydrogens is 380 g/mol. The van der Waals surface area contributed by atoms with E-state index in [2.05, 4.69) is 5.16 Å². The van der Waals surface area contributed by atoms with Crippen LogP contribution in [0.3, 0.4) is 0 Å². The van der Waals surface area contributed by atoms with Crippen LogP contribution < -0.4 is 15.3 Å². The third-order valence-electron chi connectivity index (χ3n) is 5.03. The van der Waals surface area contributed by atoms with Gasteiger partial charge in [0.2, 0.25) is 6.23 Å². The molecule has 1 atom stereocenters. The number of para-hydroxylation sites is 2. The predicted octanol–water partition coefficient (Wildman–Crippen LogP) is 4.70. The van der Waals surface area contributed by atoms with Gasteiger partial charge in [0.25, 0.3) is 0 Å². The Morgan fingerprint density at radius 2 is 1.67 bits per heavy atom. The minimum Gasteiger partial charge on any atom is -0.497 e. The second-order valence-corrected chi connectivity index (χ2v) is 6.82. The van der Waals surface area contributed by atoms with Crippen LogP contribution in [-0.2, 0) is 4.84 Å². The van der Waals surface area contributed by atoms with Crippen molar-refractivity contribution >= 4 is 22.5 Å². The number of rotatable bonds is 4. The summed E-state index contributed by atoms with van der Waals surface area (Å²) in [5.41, 5.74) is 2.53. The molecule has 1 aliphatic heterocycles. The highest BCUT2D eigenvalue weighted by atomic mass is 16.7. The maximum absolute atomic E-state index is 12.2. The van der Waals surface area contributed by atoms with Gasteiger partial charge in [-0.2, -0.15) is 0 Å². The summed E-state index contributed by atoms with van der Waals surface area (Å²) in [4.78, 5) is 20.1. The SMILES string of the molecule is COc1ccc(C2=NOC(c3cc(=O)oc4ccccc34)N2c2ccccc2)cc1. The summed E-state index contributed by atoms with van der Waals surface area (Å²) in [5.74, 6) is 1.40. The van der Waals surface area contributed by atoms with E-state index in [0.29, 0.717) is 17.0 Å². The van der Waals surface area contributed by atoms with Gasteiger partial charge in [-0.1, -0.05) is 41.6 Å². The molecule has 0 radical (unpaired) electrons. The van der Waals surface area contributed by atoms with E-state index in [1.54, 1.807) is 13.2 Å². The summed E-state index contributed by atoms with van der Waals surface area (Å²) in [5, 5.41) is 5.18. The van der Waals surface area contributed by atoms with Gasteiger partial charge in [0.05, 0.1) is 7.11 Å². The summed E-state index contributed by atoms with van der Waals surface area (Å²) in [6.45, 7) is 0. The molecule has 6 nitrogen and oxygen atoms in total. The molecule has 1 aromatic heterocycles. The Balaban J connectivity index is 1.66. The standard InChI is InChI=1S/C24H18N2O4/c1-28-18-13-11-16(12-14-18)23-25-30-24(26(23)17-7-3-2-4-8-17)20-15-22(27)29-21-10-6-5-9-19(20)21/h2-15,24H,1H3. The van der Waals surface area contributed by atoms with Crippen LogP contribution in [0.1, 0.15) is 17.4 Å². The Hall–Kier alpha value is -4.06. The Morgan fingerprint density at radius 3 is 2.43 bits per heavy atom. The fraction of sp³-hybridized carbons (Fsp3) is 0.0833. The van der Waals surface area contributed by atoms with Crippen LogP contribution in [0.4, 0.5) is 5.69 Å². The van der Waals surface area contributed by atoms with Crippen LogP contribution in [0.5, 0.6) is 5.75 Å². The van der Waals surface area contributed by atoms with Crippen LogP contribution in [0, 0.1) is 0 Å². The fourth-order valence-electron chi connectivity index (χ4n) is 3.62. The number of ether oxygens (including phenoxy) is 1. The molecule has 0 aliphatic carbocycles. The lowest BCUT2D eigenvalue weighted by Gasteiger charge is -2.26. The number of methoxy groups -OCH3 is 1. The second-order valence-electron chi connectivity index (χ2n) is 6.82. The molecule has 148 valence electrons. The van der Waals surface area contributed by atoms with Gasteiger partial charge in [0.1, 0.15) is 11.3 Å². The zero-order chi connectivity index (χ0) is 20.5. The number of hydrogen-bond donors (Lipinski definition) is 0. The molecule has 6 heteroatoms. The first kappa shape index (κ1) is 18.0. The largest absolute Gasteiger partial charge is 0.497 e. The first-order valence-corrected chi connectivity index (χ1v) is 9.50. The number of benzene rings is 3. The van der Waals surface area contributed by atoms with Crippen molar-refractivity contribution in [2.75, 3.05) is 12.0 Å². The minimum absolute atomic E-state index is 0.432. The molecule has 0 saturated heterocycles. The molecule has 0 N–H and O–H groups in total. The van der Waals surface area contributed by atoms with Crippen LogP contribution in [0.2, 0.25) is 0 Å². The quantitative estimate of drug-likeness (QED) is 0.466. The molecule has 5 rings (SSSR count). The topological polar surface area (TPSA) is 64.3 Å². The van der Waals surface area contributed by atoms with Crippen LogP contribution in [-0.4, -0.2) is 12.9 Å². The zero-order valence-corrected chi connectivity index (χ0v) is 16.2. The van der Waals surface area contributed by atoms with Gasteiger partial charge in [-0.15, -0.1) is 0 Å². The lowest BCUT2D eigenvalue weighted by Crippen LogP contribution is -2.31. The molecule has 1 aliphatic rings. The third kappa shape index (κ3) is 3.08. The maximum atomic E-state index is 12.2. The average Bonchev–Trinajstić information content (AvgIpc) is 3.24. The highest BCUT2D eigenvalue weighted by molar-refractivity contribution is 6.11. The van der Waals surface area contributed by atoms with Crippen molar-refractivity contribution in [3.63, 3.8) is 0 Å². The monoisotopic (exact) mass is 398 g/mol. The van der Waals surface area contributed by atoms with Gasteiger partial charge in [0, 0.05) is 28.3 Å². The molecule has 1 unspecified atom stereocenters. The second kappa shape index (κ2) is 7.40.